The van der Waals surface area contributed by atoms with Crippen LogP contribution in [0.1, 0.15) is 0 Å². The van der Waals surface area contributed by atoms with Gasteiger partial charge in [0.1, 0.15) is 5.75 Å². The first kappa shape index (κ1) is 15.6. The summed E-state index contributed by atoms with van der Waals surface area (Å²) in [5.41, 5.74) is 7.52. The van der Waals surface area contributed by atoms with Gasteiger partial charge in [-0.25, -0.2) is 4.98 Å². The summed E-state index contributed by atoms with van der Waals surface area (Å²) in [5, 5.41) is 2.53. The molecule has 1 heterocycles. The Labute approximate surface area is 115 Å². The Kier molecular flexibility index (Phi) is 5.48. The van der Waals surface area contributed by atoms with E-state index in [4.69, 9.17) is 29.1 Å². The number of benzene rings is 1. The molecule has 0 bridgehead atoms. The number of aromatic nitrogens is 1. The minimum absolute atomic E-state index is 0.593. The molecule has 0 radical (unpaired) electrons. The van der Waals surface area contributed by atoms with E-state index in [0.29, 0.717) is 5.13 Å². The van der Waals surface area contributed by atoms with Gasteiger partial charge < -0.3 is 10.5 Å². The van der Waals surface area contributed by atoms with Crippen LogP contribution in [0.2, 0.25) is 0 Å². The highest BCUT2D eigenvalue weighted by atomic mass is 35.7. The van der Waals surface area contributed by atoms with Crippen LogP contribution in [0.4, 0.5) is 5.13 Å². The van der Waals surface area contributed by atoms with E-state index in [-0.39, 0.29) is 0 Å². The second-order valence-electron chi connectivity index (χ2n) is 3.20. The predicted octanol–water partition coefficient (Wildman–Crippen LogP) is -1.72. The number of ether oxygens (including phenoxy) is 1. The first-order chi connectivity index (χ1) is 8.79. The molecular weight excluding hydrogens is 296 g/mol. The molecule has 0 aliphatic carbocycles. The number of anilines is 1. The molecule has 0 atom stereocenters. The Morgan fingerprint density at radius 2 is 1.79 bits per heavy atom. The molecule has 0 saturated carbocycles. The zero-order valence-corrected chi connectivity index (χ0v) is 11.4. The molecule has 2 aromatic rings. The van der Waals surface area contributed by atoms with Gasteiger partial charge in [-0.3, -0.25) is 0 Å². The number of halogens is 1. The molecule has 7 nitrogen and oxygen atoms in total. The van der Waals surface area contributed by atoms with Crippen LogP contribution in [0.15, 0.2) is 29.6 Å². The highest BCUT2D eigenvalue weighted by molar-refractivity contribution is 7.13. The lowest BCUT2D eigenvalue weighted by Crippen LogP contribution is -2.58. The third kappa shape index (κ3) is 6.34. The molecule has 1 aromatic carbocycles. The zero-order valence-electron chi connectivity index (χ0n) is 9.78. The third-order valence-electron chi connectivity index (χ3n) is 1.91. The number of rotatable bonds is 2. The summed E-state index contributed by atoms with van der Waals surface area (Å²) >= 11 is 1.44. The van der Waals surface area contributed by atoms with Gasteiger partial charge in [0.25, 0.3) is 0 Å². The molecule has 9 heteroatoms. The highest BCUT2D eigenvalue weighted by Crippen LogP contribution is 2.24. The molecule has 104 valence electrons. The topological polar surface area (TPSA) is 138 Å². The molecule has 0 unspecified atom stereocenters. The molecule has 0 aliphatic heterocycles. The minimum Gasteiger partial charge on any atom is -0.497 e. The molecule has 1 aromatic heterocycles. The van der Waals surface area contributed by atoms with Crippen molar-refractivity contribution in [3.63, 3.8) is 0 Å². The van der Waals surface area contributed by atoms with Crippen molar-refractivity contribution in [2.75, 3.05) is 12.8 Å². The van der Waals surface area contributed by atoms with Gasteiger partial charge in [0, 0.05) is 10.9 Å². The molecule has 3 N–H and O–H groups in total. The molecule has 0 aliphatic rings. The average Bonchev–Trinajstić information content (AvgIpc) is 2.74. The van der Waals surface area contributed by atoms with Gasteiger partial charge in [-0.15, -0.1) is 11.3 Å². The second-order valence-corrected chi connectivity index (χ2v) is 4.88. The van der Waals surface area contributed by atoms with E-state index in [1.54, 1.807) is 7.11 Å². The fourth-order valence-electron chi connectivity index (χ4n) is 1.18. The van der Waals surface area contributed by atoms with Crippen LogP contribution in [0.5, 0.6) is 5.75 Å². The molecule has 0 saturated heterocycles. The summed E-state index contributed by atoms with van der Waals surface area (Å²) in [6.45, 7) is 0. The number of nitrogens with two attached hydrogens (primary N) is 1. The Balaban J connectivity index is 0.000000312. The van der Waals surface area contributed by atoms with Gasteiger partial charge in [-0.2, -0.15) is 14.0 Å². The van der Waals surface area contributed by atoms with E-state index in [1.807, 2.05) is 29.6 Å². The number of hydrogen-bond acceptors (Lipinski definition) is 8. The zero-order chi connectivity index (χ0) is 14.5. The third-order valence-corrected chi connectivity index (χ3v) is 2.58. The minimum atomic E-state index is -4.69. The fraction of sp³-hybridized carbons (Fsp3) is 0.100. The molecule has 19 heavy (non-hydrogen) atoms. The normalized spacial score (nSPS) is 10.6. The van der Waals surface area contributed by atoms with Crippen LogP contribution in [0.25, 0.3) is 11.3 Å². The molecule has 0 spiro atoms. The van der Waals surface area contributed by atoms with E-state index in [2.05, 4.69) is 4.98 Å². The standard InChI is InChI=1S/C10H10N2OS.ClHO4/c1-13-8-4-2-7(3-5-8)9-6-14-10(11)12-9;2-1(3,4)5/h2-6H,1H3,(H2,11,12);(H,2,3,4,5). The van der Waals surface area contributed by atoms with Crippen LogP contribution >= 0.6 is 11.3 Å². The summed E-state index contributed by atoms with van der Waals surface area (Å²) in [6, 6.07) is 7.75. The van der Waals surface area contributed by atoms with Gasteiger partial charge in [0.2, 0.25) is 0 Å². The Morgan fingerprint density at radius 3 is 2.16 bits per heavy atom. The largest absolute Gasteiger partial charge is 0.497 e. The van der Waals surface area contributed by atoms with Crippen LogP contribution in [0.3, 0.4) is 0 Å². The van der Waals surface area contributed by atoms with Crippen LogP contribution in [-0.2, 0) is 0 Å². The van der Waals surface area contributed by atoms with Crippen LogP contribution in [-0.4, -0.2) is 16.8 Å². The lowest BCUT2D eigenvalue weighted by Gasteiger charge is -2.03. The quantitative estimate of drug-likeness (QED) is 0.672. The SMILES string of the molecule is COc1ccc(-c2csc(N)n2)cc1.[O-][Cl+3]([O-])([O-])O. The summed E-state index contributed by atoms with van der Waals surface area (Å²) in [6.07, 6.45) is 0. The second kappa shape index (κ2) is 6.66. The number of hydrogen-bond donors (Lipinski definition) is 2. The van der Waals surface area contributed by atoms with Gasteiger partial charge in [0.05, 0.1) is 27.7 Å². The molecule has 0 fully saturated rings. The Hall–Kier alpha value is -1.42. The highest BCUT2D eigenvalue weighted by Gasteiger charge is 2.01. The lowest BCUT2D eigenvalue weighted by molar-refractivity contribution is -1.92. The first-order valence-corrected chi connectivity index (χ1v) is 6.92. The van der Waals surface area contributed by atoms with E-state index < -0.39 is 10.2 Å². The van der Waals surface area contributed by atoms with E-state index in [0.717, 1.165) is 17.0 Å². The molecule has 0 amide bonds. The van der Waals surface area contributed by atoms with Crippen molar-refractivity contribution >= 4 is 16.5 Å². The maximum absolute atomic E-state index is 8.60. The van der Waals surface area contributed by atoms with Gasteiger partial charge in [-0.1, -0.05) is 0 Å². The van der Waals surface area contributed by atoms with Crippen molar-refractivity contribution in [1.29, 1.82) is 0 Å². The summed E-state index contributed by atoms with van der Waals surface area (Å²) in [4.78, 5) is 4.19. The van der Waals surface area contributed by atoms with E-state index >= 15 is 0 Å². The number of methoxy groups -OCH3 is 1. The summed E-state index contributed by atoms with van der Waals surface area (Å²) in [5.74, 6) is 0.844. The van der Waals surface area contributed by atoms with Crippen LogP contribution in [0, 0.1) is 10.2 Å². The monoisotopic (exact) mass is 306 g/mol. The summed E-state index contributed by atoms with van der Waals surface area (Å²) < 4.78 is 37.8. The van der Waals surface area contributed by atoms with Crippen molar-refractivity contribution in [2.45, 2.75) is 0 Å². The van der Waals surface area contributed by atoms with E-state index in [1.165, 1.54) is 11.3 Å². The van der Waals surface area contributed by atoms with Crippen molar-refractivity contribution in [2.24, 2.45) is 0 Å². The van der Waals surface area contributed by atoms with Gasteiger partial charge >= 0.3 is 0 Å². The van der Waals surface area contributed by atoms with Crippen molar-refractivity contribution in [1.82, 2.24) is 4.98 Å². The lowest BCUT2D eigenvalue weighted by atomic mass is 10.2. The van der Waals surface area contributed by atoms with Crippen LogP contribution < -0.4 is 24.4 Å². The summed E-state index contributed by atoms with van der Waals surface area (Å²) in [7, 11) is -3.05. The van der Waals surface area contributed by atoms with Gasteiger partial charge in [-0.05, 0) is 24.3 Å². The maximum Gasteiger partial charge on any atom is 0.180 e. The number of nitrogen functional groups attached to an aromatic ring is 1. The van der Waals surface area contributed by atoms with Crippen molar-refractivity contribution in [3.05, 3.63) is 29.6 Å². The van der Waals surface area contributed by atoms with Gasteiger partial charge in [0.15, 0.2) is 5.13 Å². The smallest absolute Gasteiger partial charge is 0.180 e. The average molecular weight is 307 g/mol. The maximum atomic E-state index is 8.60. The Morgan fingerprint density at radius 1 is 1.26 bits per heavy atom. The molecular formula is C10H11ClN2O5S. The predicted molar refractivity (Wildman–Crippen MR) is 60.7 cm³/mol. The number of nitrogens with zero attached hydrogens (tertiary/aromatic N) is 1. The van der Waals surface area contributed by atoms with E-state index in [9.17, 15) is 0 Å². The fourth-order valence-corrected chi connectivity index (χ4v) is 1.75. The number of thiazole rings is 1. The van der Waals surface area contributed by atoms with Crippen molar-refractivity contribution < 1.29 is 33.6 Å². The Bertz CT molecular complexity index is 505. The molecule has 2 rings (SSSR count). The first-order valence-electron chi connectivity index (χ1n) is 4.78. The van der Waals surface area contributed by atoms with Crippen molar-refractivity contribution in [3.8, 4) is 17.0 Å².